The van der Waals surface area contributed by atoms with Gasteiger partial charge >= 0.3 is 5.97 Å². The molecular weight excluding hydrogens is 282 g/mol. The minimum absolute atomic E-state index is 0.114. The van der Waals surface area contributed by atoms with Crippen LogP contribution in [0.5, 0.6) is 5.75 Å². The molecule has 0 spiro atoms. The number of hydrogen-bond acceptors (Lipinski definition) is 5. The van der Waals surface area contributed by atoms with Crippen LogP contribution < -0.4 is 4.74 Å². The van der Waals surface area contributed by atoms with Gasteiger partial charge in [0, 0.05) is 6.07 Å². The molecule has 0 atom stereocenters. The summed E-state index contributed by atoms with van der Waals surface area (Å²) in [6, 6.07) is 13.3. The van der Waals surface area contributed by atoms with Crippen LogP contribution in [0.15, 0.2) is 47.0 Å². The summed E-state index contributed by atoms with van der Waals surface area (Å²) in [4.78, 5) is 11.8. The van der Waals surface area contributed by atoms with Crippen LogP contribution in [0.25, 0.3) is 10.8 Å². The van der Waals surface area contributed by atoms with Gasteiger partial charge in [-0.1, -0.05) is 23.4 Å². The van der Waals surface area contributed by atoms with Crippen molar-refractivity contribution in [2.45, 2.75) is 13.5 Å². The van der Waals surface area contributed by atoms with Gasteiger partial charge in [-0.3, -0.25) is 0 Å². The predicted octanol–water partition coefficient (Wildman–Crippen LogP) is 3.50. The Morgan fingerprint density at radius 3 is 2.64 bits per heavy atom. The van der Waals surface area contributed by atoms with E-state index in [2.05, 4.69) is 5.16 Å². The quantitative estimate of drug-likeness (QED) is 0.690. The Labute approximate surface area is 127 Å². The van der Waals surface area contributed by atoms with E-state index in [0.29, 0.717) is 5.69 Å². The summed E-state index contributed by atoms with van der Waals surface area (Å²) in [5.41, 5.74) is 1.55. The van der Waals surface area contributed by atoms with Gasteiger partial charge in [0.25, 0.3) is 0 Å². The normalized spacial score (nSPS) is 10.6. The van der Waals surface area contributed by atoms with Gasteiger partial charge in [-0.2, -0.15) is 0 Å². The zero-order chi connectivity index (χ0) is 15.5. The number of fused-ring (bicyclic) bond motifs is 1. The first-order chi connectivity index (χ1) is 10.7. The number of hydrogen-bond donors (Lipinski definition) is 0. The van der Waals surface area contributed by atoms with E-state index in [1.54, 1.807) is 20.1 Å². The van der Waals surface area contributed by atoms with Gasteiger partial charge in [0.1, 0.15) is 12.4 Å². The van der Waals surface area contributed by atoms with Crippen molar-refractivity contribution in [1.82, 2.24) is 5.16 Å². The third-order valence-electron chi connectivity index (χ3n) is 3.31. The topological polar surface area (TPSA) is 61.6 Å². The molecule has 3 aromatic rings. The van der Waals surface area contributed by atoms with Crippen LogP contribution in [0.3, 0.4) is 0 Å². The molecule has 0 radical (unpaired) electrons. The first kappa shape index (κ1) is 14.1. The molecule has 22 heavy (non-hydrogen) atoms. The minimum atomic E-state index is -0.518. The summed E-state index contributed by atoms with van der Waals surface area (Å²) < 4.78 is 15.3. The molecule has 5 nitrogen and oxygen atoms in total. The maximum Gasteiger partial charge on any atom is 0.377 e. The lowest BCUT2D eigenvalue weighted by Crippen LogP contribution is -2.04. The fourth-order valence-electron chi connectivity index (χ4n) is 2.17. The molecule has 0 unspecified atom stereocenters. The monoisotopic (exact) mass is 297 g/mol. The highest BCUT2D eigenvalue weighted by atomic mass is 16.6. The SMILES string of the molecule is COc1ccc2cc(COC(=O)c3cc(C)no3)ccc2c1. The second-order valence-corrected chi connectivity index (χ2v) is 4.96. The maximum absolute atomic E-state index is 11.8. The van der Waals surface area contributed by atoms with Crippen LogP contribution in [0, 0.1) is 6.92 Å². The average Bonchev–Trinajstić information content (AvgIpc) is 2.98. The van der Waals surface area contributed by atoms with E-state index < -0.39 is 5.97 Å². The lowest BCUT2D eigenvalue weighted by atomic mass is 10.1. The molecule has 2 aromatic carbocycles. The summed E-state index contributed by atoms with van der Waals surface area (Å²) in [5.74, 6) is 0.408. The lowest BCUT2D eigenvalue weighted by molar-refractivity contribution is 0.0426. The molecule has 5 heteroatoms. The average molecular weight is 297 g/mol. The molecule has 0 aliphatic carbocycles. The zero-order valence-corrected chi connectivity index (χ0v) is 12.3. The highest BCUT2D eigenvalue weighted by Gasteiger charge is 2.13. The number of ether oxygens (including phenoxy) is 2. The molecule has 0 amide bonds. The third-order valence-corrected chi connectivity index (χ3v) is 3.31. The third kappa shape index (κ3) is 2.93. The number of nitrogens with zero attached hydrogens (tertiary/aromatic N) is 1. The van der Waals surface area contributed by atoms with Gasteiger partial charge in [-0.05, 0) is 41.5 Å². The number of aryl methyl sites for hydroxylation is 1. The molecule has 0 saturated heterocycles. The highest BCUT2D eigenvalue weighted by Crippen LogP contribution is 2.22. The molecule has 1 aromatic heterocycles. The van der Waals surface area contributed by atoms with Crippen molar-refractivity contribution in [3.05, 3.63) is 59.5 Å². The zero-order valence-electron chi connectivity index (χ0n) is 12.3. The van der Waals surface area contributed by atoms with Crippen LogP contribution >= 0.6 is 0 Å². The Bertz CT molecular complexity index is 822. The predicted molar refractivity (Wildman–Crippen MR) is 80.9 cm³/mol. The summed E-state index contributed by atoms with van der Waals surface area (Å²) in [6.07, 6.45) is 0. The molecule has 0 aliphatic rings. The van der Waals surface area contributed by atoms with Gasteiger partial charge in [0.05, 0.1) is 12.8 Å². The smallest absolute Gasteiger partial charge is 0.377 e. The van der Waals surface area contributed by atoms with Crippen LogP contribution in [0.2, 0.25) is 0 Å². The van der Waals surface area contributed by atoms with Crippen molar-refractivity contribution in [2.24, 2.45) is 0 Å². The number of benzene rings is 2. The molecule has 3 rings (SSSR count). The molecular formula is C17H15NO4. The van der Waals surface area contributed by atoms with E-state index >= 15 is 0 Å². The Kier molecular flexibility index (Phi) is 3.78. The first-order valence-electron chi connectivity index (χ1n) is 6.83. The molecule has 0 bridgehead atoms. The second-order valence-electron chi connectivity index (χ2n) is 4.96. The standard InChI is InChI=1S/C17H15NO4/c1-11-7-16(22-18-11)17(19)21-10-12-3-4-14-9-15(20-2)6-5-13(14)8-12/h3-9H,10H2,1-2H3. The van der Waals surface area contributed by atoms with Gasteiger partial charge in [-0.25, -0.2) is 4.79 Å². The van der Waals surface area contributed by atoms with E-state index in [0.717, 1.165) is 22.1 Å². The van der Waals surface area contributed by atoms with Crippen LogP contribution in [-0.4, -0.2) is 18.2 Å². The minimum Gasteiger partial charge on any atom is -0.497 e. The van der Waals surface area contributed by atoms with Gasteiger partial charge < -0.3 is 14.0 Å². The Balaban J connectivity index is 1.72. The molecule has 0 N–H and O–H groups in total. The summed E-state index contributed by atoms with van der Waals surface area (Å²) in [7, 11) is 1.64. The second kappa shape index (κ2) is 5.89. The van der Waals surface area contributed by atoms with E-state index in [1.165, 1.54) is 0 Å². The molecule has 0 saturated carbocycles. The van der Waals surface area contributed by atoms with Crippen molar-refractivity contribution < 1.29 is 18.8 Å². The number of methoxy groups -OCH3 is 1. The summed E-state index contributed by atoms with van der Waals surface area (Å²) >= 11 is 0. The van der Waals surface area contributed by atoms with Crippen molar-refractivity contribution in [1.29, 1.82) is 0 Å². The van der Waals surface area contributed by atoms with Crippen LogP contribution in [0.1, 0.15) is 21.8 Å². The lowest BCUT2D eigenvalue weighted by Gasteiger charge is -2.06. The van der Waals surface area contributed by atoms with Crippen molar-refractivity contribution in [2.75, 3.05) is 7.11 Å². The van der Waals surface area contributed by atoms with Crippen LogP contribution in [-0.2, 0) is 11.3 Å². The number of aromatic nitrogens is 1. The largest absolute Gasteiger partial charge is 0.497 e. The Morgan fingerprint density at radius 2 is 1.91 bits per heavy atom. The molecule has 112 valence electrons. The number of carbonyl (C=O) groups is 1. The van der Waals surface area contributed by atoms with E-state index in [4.69, 9.17) is 14.0 Å². The summed E-state index contributed by atoms with van der Waals surface area (Å²) in [5, 5.41) is 5.79. The fourth-order valence-corrected chi connectivity index (χ4v) is 2.17. The fraction of sp³-hybridized carbons (Fsp3) is 0.176. The van der Waals surface area contributed by atoms with Crippen molar-refractivity contribution in [3.8, 4) is 5.75 Å². The maximum atomic E-state index is 11.8. The van der Waals surface area contributed by atoms with E-state index in [-0.39, 0.29) is 12.4 Å². The Morgan fingerprint density at radius 1 is 1.14 bits per heavy atom. The highest BCUT2D eigenvalue weighted by molar-refractivity contribution is 5.86. The van der Waals surface area contributed by atoms with E-state index in [9.17, 15) is 4.79 Å². The van der Waals surface area contributed by atoms with E-state index in [1.807, 2.05) is 36.4 Å². The molecule has 0 aliphatic heterocycles. The first-order valence-corrected chi connectivity index (χ1v) is 6.83. The van der Waals surface area contributed by atoms with Crippen molar-refractivity contribution >= 4 is 16.7 Å². The van der Waals surface area contributed by atoms with Crippen LogP contribution in [0.4, 0.5) is 0 Å². The molecule has 0 fully saturated rings. The van der Waals surface area contributed by atoms with Gasteiger partial charge in [0.2, 0.25) is 5.76 Å². The van der Waals surface area contributed by atoms with Gasteiger partial charge in [0.15, 0.2) is 0 Å². The Hall–Kier alpha value is -2.82. The van der Waals surface area contributed by atoms with Crippen molar-refractivity contribution in [3.63, 3.8) is 0 Å². The summed E-state index contributed by atoms with van der Waals surface area (Å²) in [6.45, 7) is 1.93. The van der Waals surface area contributed by atoms with Gasteiger partial charge in [-0.15, -0.1) is 0 Å². The molecule has 1 heterocycles. The number of rotatable bonds is 4. The number of esters is 1. The number of carbonyl (C=O) groups excluding carboxylic acids is 1.